The number of fused-ring (bicyclic) bond motifs is 4. The zero-order chi connectivity index (χ0) is 46.0. The van der Waals surface area contributed by atoms with Crippen molar-refractivity contribution in [3.63, 3.8) is 0 Å². The van der Waals surface area contributed by atoms with Gasteiger partial charge in [0.15, 0.2) is 36.5 Å². The summed E-state index contributed by atoms with van der Waals surface area (Å²) < 4.78 is 138. The summed E-state index contributed by atoms with van der Waals surface area (Å²) in [5.74, 6) is -13.7. The monoisotopic (exact) mass is 941 g/mol. The molecule has 4 aromatic rings. The summed E-state index contributed by atoms with van der Waals surface area (Å²) in [6, 6.07) is 8.53. The van der Waals surface area contributed by atoms with E-state index in [1.54, 1.807) is 4.72 Å². The van der Waals surface area contributed by atoms with Gasteiger partial charge < -0.3 is 53.5 Å². The normalized spacial score (nSPS) is 20.1. The highest BCUT2D eigenvalue weighted by Crippen LogP contribution is 2.48. The van der Waals surface area contributed by atoms with E-state index in [0.717, 1.165) is 62.4 Å². The second-order valence-electron chi connectivity index (χ2n) is 14.4. The van der Waals surface area contributed by atoms with Crippen LogP contribution in [-0.2, 0) is 19.4 Å². The van der Waals surface area contributed by atoms with Crippen molar-refractivity contribution >= 4 is 50.9 Å². The van der Waals surface area contributed by atoms with Crippen molar-refractivity contribution in [3.05, 3.63) is 82.4 Å². The lowest BCUT2D eigenvalue weighted by atomic mass is 10.1. The predicted octanol–water partition coefficient (Wildman–Crippen LogP) is 2.42. The highest BCUT2D eigenvalue weighted by molar-refractivity contribution is 7.92. The van der Waals surface area contributed by atoms with E-state index in [-0.39, 0.29) is 29.3 Å². The molecule has 0 saturated carbocycles. The Morgan fingerprint density at radius 2 is 1.56 bits per heavy atom. The molecular weight excluding hydrogens is 907 g/mol. The van der Waals surface area contributed by atoms with Gasteiger partial charge in [0, 0.05) is 18.4 Å². The van der Waals surface area contributed by atoms with E-state index in [1.807, 2.05) is 0 Å². The van der Waals surface area contributed by atoms with E-state index in [4.69, 9.17) is 19.9 Å². The minimum Gasteiger partial charge on any atom is -0.777 e. The molecule has 2 unspecified atom stereocenters. The predicted molar refractivity (Wildman–Crippen MR) is 198 cm³/mol. The number of rotatable bonds is 14. The van der Waals surface area contributed by atoms with Crippen molar-refractivity contribution < 1.29 is 92.1 Å². The van der Waals surface area contributed by atoms with Gasteiger partial charge in [-0.2, -0.15) is 27.5 Å². The summed E-state index contributed by atoms with van der Waals surface area (Å²) in [5, 5.41) is 39.3. The van der Waals surface area contributed by atoms with Crippen molar-refractivity contribution in [1.82, 2.24) is 10.0 Å². The molecule has 1 aromatic heterocycles. The summed E-state index contributed by atoms with van der Waals surface area (Å²) in [5.41, 5.74) is -1.10. The molecule has 0 spiro atoms. The highest BCUT2D eigenvalue weighted by Gasteiger charge is 2.48. The van der Waals surface area contributed by atoms with E-state index in [1.165, 1.54) is 24.3 Å². The van der Waals surface area contributed by atoms with E-state index >= 15 is 13.2 Å². The number of thiophene rings is 1. The summed E-state index contributed by atoms with van der Waals surface area (Å²) in [4.78, 5) is 43.1. The Morgan fingerprint density at radius 3 is 2.11 bits per heavy atom. The number of carbonyl (C=O) groups is 2. The molecule has 16 nitrogen and oxygen atoms in total. The number of phenols is 2. The van der Waals surface area contributed by atoms with Gasteiger partial charge in [0.25, 0.3) is 15.9 Å². The molecule has 3 fully saturated rings. The fourth-order valence-corrected chi connectivity index (χ4v) is 11.0. The SMILES string of the molecule is N#Cc1ccc(C(NS(=O)(=O)c2cc3c(F)c(F)c(OCC[N+]45CC[N+](CCCNC(=O)c6cccc(O)c6O)(CC4)CC5)c(F)c3s2)P(=O)([O-])O)cc1F.O=C([O-])C(F)(F)F. The fraction of sp³-hybridized carbons (Fsp3) is 0.361. The van der Waals surface area contributed by atoms with Crippen molar-refractivity contribution in [2.24, 2.45) is 0 Å². The molecule has 5 N–H and O–H groups in total. The Hall–Kier alpha value is -5.06. The van der Waals surface area contributed by atoms with Gasteiger partial charge in [0.2, 0.25) is 5.82 Å². The van der Waals surface area contributed by atoms with Crippen LogP contribution in [0.5, 0.6) is 17.2 Å². The van der Waals surface area contributed by atoms with E-state index in [0.29, 0.717) is 36.1 Å². The zero-order valence-corrected chi connectivity index (χ0v) is 34.3. The van der Waals surface area contributed by atoms with Gasteiger partial charge in [-0.15, -0.1) is 11.3 Å². The summed E-state index contributed by atoms with van der Waals surface area (Å²) in [7, 11) is -10.6. The van der Waals surface area contributed by atoms with Gasteiger partial charge in [0.05, 0.1) is 22.4 Å². The zero-order valence-electron chi connectivity index (χ0n) is 31.8. The van der Waals surface area contributed by atoms with Crippen molar-refractivity contribution in [3.8, 4) is 23.3 Å². The lowest BCUT2D eigenvalue weighted by Gasteiger charge is -2.55. The molecule has 7 rings (SSSR count). The third kappa shape index (κ3) is 10.6. The number of carboxylic acid groups (broad SMARTS) is 1. The number of para-hydroxylation sites is 1. The van der Waals surface area contributed by atoms with Crippen LogP contribution in [0.25, 0.3) is 10.1 Å². The van der Waals surface area contributed by atoms with Gasteiger partial charge >= 0.3 is 6.18 Å². The molecule has 0 radical (unpaired) electrons. The quantitative estimate of drug-likeness (QED) is 0.0306. The van der Waals surface area contributed by atoms with Gasteiger partial charge in [-0.3, -0.25) is 4.79 Å². The van der Waals surface area contributed by atoms with Gasteiger partial charge in [-0.25, -0.2) is 21.6 Å². The molecule has 1 amide bonds. The minimum atomic E-state index is -5.63. The molecule has 336 valence electrons. The van der Waals surface area contributed by atoms with Gasteiger partial charge in [-0.1, -0.05) is 12.1 Å². The third-order valence-electron chi connectivity index (χ3n) is 10.6. The standard InChI is InChI=1S/C34H34F4N5O9PS2.C2HF3O2/c35-24-17-20(5-6-21(24)19-39)34(53(47,48)49)41-55(50,51)26-18-23-27(36)28(37)31(29(38)32(23)54-26)52-16-15-43-12-9-42(10-13-43,11-14-43)8-2-7-40-33(46)22-3-1-4-25(44)30(22)45;3-2(4,5)1(6)7/h1,3-6,17-18,34,41H,2,7-16H2,(H3-2,40,44,45,46,47,48,49);(H,6,7). The number of piperazine rings is 3. The molecule has 3 aliphatic rings. The first kappa shape index (κ1) is 48.0. The molecule has 3 aliphatic heterocycles. The number of hydrogen-bond donors (Lipinski definition) is 5. The number of nitrogens with zero attached hydrogens (tertiary/aromatic N) is 3. The minimum absolute atomic E-state index is 0.0242. The number of ether oxygens (including phenoxy) is 1. The average molecular weight is 942 g/mol. The number of nitrogens with one attached hydrogen (secondary N) is 2. The van der Waals surface area contributed by atoms with Crippen LogP contribution in [-0.4, -0.2) is 116 Å². The maximum atomic E-state index is 15.7. The van der Waals surface area contributed by atoms with Crippen molar-refractivity contribution in [2.75, 3.05) is 65.5 Å². The van der Waals surface area contributed by atoms with Crippen LogP contribution in [0.1, 0.15) is 33.7 Å². The van der Waals surface area contributed by atoms with Gasteiger partial charge in [0.1, 0.15) is 80.3 Å². The Labute approximate surface area is 351 Å². The van der Waals surface area contributed by atoms with Crippen LogP contribution in [0.15, 0.2) is 46.7 Å². The molecule has 2 atom stereocenters. The second-order valence-corrected chi connectivity index (χ2v) is 19.0. The van der Waals surface area contributed by atoms with Gasteiger partial charge in [-0.05, 0) is 35.9 Å². The van der Waals surface area contributed by atoms with Crippen LogP contribution >= 0.6 is 18.9 Å². The first-order valence-corrected chi connectivity index (χ1v) is 22.0. The number of carbonyl (C=O) groups excluding carboxylic acids is 2. The molecule has 3 aromatic carbocycles. The number of quaternary nitrogens is 2. The lowest BCUT2D eigenvalue weighted by molar-refractivity contribution is -1.08. The van der Waals surface area contributed by atoms with Crippen LogP contribution in [0.2, 0.25) is 0 Å². The number of nitriles is 1. The topological polar surface area (TPSA) is 249 Å². The summed E-state index contributed by atoms with van der Waals surface area (Å²) in [6.45, 7) is 5.96. The number of aromatic hydroxyl groups is 2. The van der Waals surface area contributed by atoms with Crippen LogP contribution in [0.4, 0.5) is 30.7 Å². The number of carboxylic acids is 1. The number of alkyl halides is 3. The molecule has 0 aliphatic carbocycles. The Morgan fingerprint density at radius 1 is 0.968 bits per heavy atom. The summed E-state index contributed by atoms with van der Waals surface area (Å²) >= 11 is 0.153. The molecular formula is C36H35F7N5O11PS2. The molecule has 2 bridgehead atoms. The van der Waals surface area contributed by atoms with Crippen LogP contribution in [0, 0.1) is 34.6 Å². The Bertz CT molecular complexity index is 2560. The van der Waals surface area contributed by atoms with Crippen LogP contribution in [0.3, 0.4) is 0 Å². The van der Waals surface area contributed by atoms with Crippen LogP contribution < -0.4 is 24.8 Å². The first-order valence-electron chi connectivity index (χ1n) is 18.1. The molecule has 62 heavy (non-hydrogen) atoms. The van der Waals surface area contributed by atoms with E-state index < -0.39 is 102 Å². The largest absolute Gasteiger partial charge is 0.777 e. The first-order chi connectivity index (χ1) is 28.8. The second kappa shape index (κ2) is 18.3. The van der Waals surface area contributed by atoms with Crippen molar-refractivity contribution in [2.45, 2.75) is 22.6 Å². The fourth-order valence-electron chi connectivity index (χ4n) is 7.07. The molecule has 4 heterocycles. The Balaban J connectivity index is 0.000000955. The molecule has 3 saturated heterocycles. The third-order valence-corrected chi connectivity index (χ3v) is 14.8. The number of hydrogen-bond acceptors (Lipinski definition) is 12. The number of amides is 1. The number of benzene rings is 3. The van der Waals surface area contributed by atoms with E-state index in [9.17, 15) is 55.3 Å². The number of phenolic OH excluding ortho intramolecular Hbond substituents is 2. The highest BCUT2D eigenvalue weighted by atomic mass is 32.2. The number of aliphatic carboxylic acids is 1. The smallest absolute Gasteiger partial charge is 0.430 e. The lowest BCUT2D eigenvalue weighted by Crippen LogP contribution is -2.75. The number of sulfonamides is 1. The number of halogens is 7. The maximum Gasteiger partial charge on any atom is 0.430 e. The Kier molecular flexibility index (Phi) is 14.2. The average Bonchev–Trinajstić information content (AvgIpc) is 3.68. The maximum absolute atomic E-state index is 15.7. The summed E-state index contributed by atoms with van der Waals surface area (Å²) in [6.07, 6.45) is -4.53. The molecule has 26 heteroatoms. The van der Waals surface area contributed by atoms with Crippen molar-refractivity contribution in [1.29, 1.82) is 5.26 Å². The van der Waals surface area contributed by atoms with E-state index in [2.05, 4.69) is 5.32 Å².